The molecule has 72 valence electrons. The third kappa shape index (κ3) is 1.83. The number of nitrogens with zero attached hydrogens (tertiary/aromatic N) is 2. The second kappa shape index (κ2) is 3.38. The Morgan fingerprint density at radius 3 is 3.15 bits per heavy atom. The number of hydrogen-bond acceptors (Lipinski definition) is 3. The van der Waals surface area contributed by atoms with Crippen LogP contribution in [0, 0.1) is 0 Å². The number of aromatic nitrogens is 2. The fourth-order valence-corrected chi connectivity index (χ4v) is 1.98. The van der Waals surface area contributed by atoms with Crippen molar-refractivity contribution in [2.45, 2.75) is 25.3 Å². The normalized spacial score (nSPS) is 23.9. The predicted octanol–water partition coefficient (Wildman–Crippen LogP) is 0.629. The Morgan fingerprint density at radius 2 is 2.62 bits per heavy atom. The third-order valence-corrected chi connectivity index (χ3v) is 2.78. The first kappa shape index (κ1) is 8.56. The maximum atomic E-state index is 5.53. The second-order valence-electron chi connectivity index (χ2n) is 3.80. The van der Waals surface area contributed by atoms with E-state index >= 15 is 0 Å². The van der Waals surface area contributed by atoms with Crippen molar-refractivity contribution in [1.29, 1.82) is 0 Å². The summed E-state index contributed by atoms with van der Waals surface area (Å²) in [6, 6.07) is 2.59. The molecule has 4 heteroatoms. The Bertz CT molecular complexity index is 281. The van der Waals surface area contributed by atoms with Gasteiger partial charge >= 0.3 is 0 Å². The molecule has 1 saturated heterocycles. The van der Waals surface area contributed by atoms with E-state index in [1.807, 2.05) is 6.07 Å². The molecule has 4 nitrogen and oxygen atoms in total. The van der Waals surface area contributed by atoms with Gasteiger partial charge < -0.3 is 10.6 Å². The van der Waals surface area contributed by atoms with Gasteiger partial charge in [-0.05, 0) is 26.4 Å². The Kier molecular flexibility index (Phi) is 2.22. The van der Waals surface area contributed by atoms with Crippen LogP contribution in [-0.2, 0) is 6.42 Å². The van der Waals surface area contributed by atoms with Crippen molar-refractivity contribution in [1.82, 2.24) is 15.1 Å². The maximum Gasteiger partial charge on any atom is 0.145 e. The summed E-state index contributed by atoms with van der Waals surface area (Å²) in [7, 11) is 2.18. The molecule has 2 rings (SSSR count). The molecule has 1 aliphatic rings. The molecule has 0 amide bonds. The lowest BCUT2D eigenvalue weighted by molar-refractivity contribution is 0.307. The third-order valence-electron chi connectivity index (χ3n) is 2.78. The average molecular weight is 180 g/mol. The molecule has 0 spiro atoms. The van der Waals surface area contributed by atoms with Crippen LogP contribution in [0.15, 0.2) is 6.07 Å². The number of aromatic amines is 1. The van der Waals surface area contributed by atoms with E-state index in [0.29, 0.717) is 11.9 Å². The molecular formula is C9H16N4. The van der Waals surface area contributed by atoms with Gasteiger partial charge in [-0.15, -0.1) is 0 Å². The van der Waals surface area contributed by atoms with Gasteiger partial charge in [0.15, 0.2) is 0 Å². The lowest BCUT2D eigenvalue weighted by Crippen LogP contribution is -2.26. The molecule has 0 aromatic carbocycles. The minimum atomic E-state index is 0.593. The molecule has 1 fully saturated rings. The van der Waals surface area contributed by atoms with E-state index in [2.05, 4.69) is 22.1 Å². The molecule has 0 radical (unpaired) electrons. The van der Waals surface area contributed by atoms with Crippen molar-refractivity contribution in [3.63, 3.8) is 0 Å². The quantitative estimate of drug-likeness (QED) is 0.701. The first-order chi connectivity index (χ1) is 6.25. The van der Waals surface area contributed by atoms with Crippen molar-refractivity contribution >= 4 is 5.82 Å². The molecule has 13 heavy (non-hydrogen) atoms. The van der Waals surface area contributed by atoms with Crippen LogP contribution in [0.2, 0.25) is 0 Å². The number of anilines is 1. The van der Waals surface area contributed by atoms with E-state index in [9.17, 15) is 0 Å². The first-order valence-corrected chi connectivity index (χ1v) is 4.75. The average Bonchev–Trinajstić information content (AvgIpc) is 2.64. The summed E-state index contributed by atoms with van der Waals surface area (Å²) >= 11 is 0. The summed E-state index contributed by atoms with van der Waals surface area (Å²) in [5.41, 5.74) is 6.68. The number of nitrogen functional groups attached to an aromatic ring is 1. The first-order valence-electron chi connectivity index (χ1n) is 4.75. The smallest absolute Gasteiger partial charge is 0.145 e. The molecule has 1 aliphatic heterocycles. The number of nitrogens with one attached hydrogen (secondary N) is 1. The highest BCUT2D eigenvalue weighted by molar-refractivity contribution is 5.28. The Labute approximate surface area is 78.1 Å². The van der Waals surface area contributed by atoms with Gasteiger partial charge in [-0.3, -0.25) is 5.10 Å². The fraction of sp³-hybridized carbons (Fsp3) is 0.667. The summed E-state index contributed by atoms with van der Waals surface area (Å²) in [6.45, 7) is 1.22. The summed E-state index contributed by atoms with van der Waals surface area (Å²) in [5.74, 6) is 0.593. The van der Waals surface area contributed by atoms with Crippen LogP contribution in [0.4, 0.5) is 5.82 Å². The van der Waals surface area contributed by atoms with Gasteiger partial charge in [0.1, 0.15) is 5.82 Å². The van der Waals surface area contributed by atoms with Gasteiger partial charge in [0.05, 0.1) is 0 Å². The highest BCUT2D eigenvalue weighted by Crippen LogP contribution is 2.18. The molecular weight excluding hydrogens is 164 g/mol. The van der Waals surface area contributed by atoms with Crippen molar-refractivity contribution in [2.75, 3.05) is 19.3 Å². The van der Waals surface area contributed by atoms with Gasteiger partial charge in [0.2, 0.25) is 0 Å². The SMILES string of the molecule is CN1CCCC1Cc1cc(N)n[nH]1. The minimum absolute atomic E-state index is 0.593. The number of hydrogen-bond donors (Lipinski definition) is 2. The van der Waals surface area contributed by atoms with E-state index in [1.54, 1.807) is 0 Å². The molecule has 0 saturated carbocycles. The molecule has 1 unspecified atom stereocenters. The zero-order valence-electron chi connectivity index (χ0n) is 7.95. The number of likely N-dealkylation sites (N-methyl/N-ethyl adjacent to an activating group) is 1. The molecule has 0 aliphatic carbocycles. The lowest BCUT2D eigenvalue weighted by atomic mass is 10.1. The summed E-state index contributed by atoms with van der Waals surface area (Å²) in [5, 5.41) is 6.87. The van der Waals surface area contributed by atoms with Crippen molar-refractivity contribution in [3.8, 4) is 0 Å². The van der Waals surface area contributed by atoms with Crippen LogP contribution in [0.5, 0.6) is 0 Å². The highest BCUT2D eigenvalue weighted by atomic mass is 15.2. The number of nitrogens with two attached hydrogens (primary N) is 1. The monoisotopic (exact) mass is 180 g/mol. The van der Waals surface area contributed by atoms with Gasteiger partial charge in [0.25, 0.3) is 0 Å². The zero-order valence-corrected chi connectivity index (χ0v) is 7.95. The standard InChI is InChI=1S/C9H16N4/c1-13-4-2-3-8(13)5-7-6-9(10)12-11-7/h6,8H,2-5H2,1H3,(H3,10,11,12). The zero-order chi connectivity index (χ0) is 9.26. The summed E-state index contributed by atoms with van der Waals surface area (Å²) in [6.07, 6.45) is 3.64. The Hall–Kier alpha value is -1.03. The second-order valence-corrected chi connectivity index (χ2v) is 3.80. The molecule has 1 aromatic rings. The highest BCUT2D eigenvalue weighted by Gasteiger charge is 2.21. The molecule has 1 atom stereocenters. The van der Waals surface area contributed by atoms with Crippen LogP contribution in [-0.4, -0.2) is 34.7 Å². The largest absolute Gasteiger partial charge is 0.382 e. The lowest BCUT2D eigenvalue weighted by Gasteiger charge is -2.17. The van der Waals surface area contributed by atoms with Crippen molar-refractivity contribution < 1.29 is 0 Å². The van der Waals surface area contributed by atoms with Crippen molar-refractivity contribution in [2.24, 2.45) is 0 Å². The van der Waals surface area contributed by atoms with Crippen LogP contribution in [0.3, 0.4) is 0 Å². The minimum Gasteiger partial charge on any atom is -0.382 e. The van der Waals surface area contributed by atoms with Crippen LogP contribution in [0.25, 0.3) is 0 Å². The van der Waals surface area contributed by atoms with Gasteiger partial charge in [-0.1, -0.05) is 0 Å². The number of rotatable bonds is 2. The molecule has 0 bridgehead atoms. The van der Waals surface area contributed by atoms with Gasteiger partial charge in [-0.25, -0.2) is 0 Å². The predicted molar refractivity (Wildman–Crippen MR) is 52.4 cm³/mol. The van der Waals surface area contributed by atoms with Crippen LogP contribution in [0.1, 0.15) is 18.5 Å². The van der Waals surface area contributed by atoms with E-state index in [0.717, 1.165) is 12.1 Å². The topological polar surface area (TPSA) is 57.9 Å². The summed E-state index contributed by atoms with van der Waals surface area (Å²) in [4.78, 5) is 2.40. The van der Waals surface area contributed by atoms with E-state index in [-0.39, 0.29) is 0 Å². The van der Waals surface area contributed by atoms with Crippen LogP contribution < -0.4 is 5.73 Å². The van der Waals surface area contributed by atoms with Gasteiger partial charge in [0, 0.05) is 24.2 Å². The van der Waals surface area contributed by atoms with E-state index < -0.39 is 0 Å². The fourth-order valence-electron chi connectivity index (χ4n) is 1.98. The Morgan fingerprint density at radius 1 is 1.77 bits per heavy atom. The van der Waals surface area contributed by atoms with Crippen molar-refractivity contribution in [3.05, 3.63) is 11.8 Å². The van der Waals surface area contributed by atoms with E-state index in [1.165, 1.54) is 19.4 Å². The number of likely N-dealkylation sites (tertiary alicyclic amines) is 1. The van der Waals surface area contributed by atoms with Crippen LogP contribution >= 0.6 is 0 Å². The molecule has 1 aromatic heterocycles. The summed E-state index contributed by atoms with van der Waals surface area (Å²) < 4.78 is 0. The van der Waals surface area contributed by atoms with E-state index in [4.69, 9.17) is 5.73 Å². The molecule has 3 N–H and O–H groups in total. The Balaban J connectivity index is 1.97. The number of H-pyrrole nitrogens is 1. The molecule has 2 heterocycles. The van der Waals surface area contributed by atoms with Gasteiger partial charge in [-0.2, -0.15) is 5.10 Å². The maximum absolute atomic E-state index is 5.53.